The third-order valence-electron chi connectivity index (χ3n) is 3.84. The first-order valence-corrected chi connectivity index (χ1v) is 8.59. The first-order chi connectivity index (χ1) is 7.35. The second-order valence-corrected chi connectivity index (χ2v) is 7.31. The van der Waals surface area contributed by atoms with Gasteiger partial charge in [-0.3, -0.25) is 0 Å². The van der Waals surface area contributed by atoms with Gasteiger partial charge in [-0.25, -0.2) is 0 Å². The summed E-state index contributed by atoms with van der Waals surface area (Å²) in [4.78, 5) is 0. The van der Waals surface area contributed by atoms with E-state index in [0.29, 0.717) is 4.75 Å². The highest BCUT2D eigenvalue weighted by atomic mass is 32.2. The molecule has 1 saturated heterocycles. The van der Waals surface area contributed by atoms with Crippen molar-refractivity contribution >= 4 is 23.5 Å². The lowest BCUT2D eigenvalue weighted by Gasteiger charge is -2.36. The Balaban J connectivity index is 1.78. The second kappa shape index (κ2) is 5.83. The Morgan fingerprint density at radius 2 is 2.13 bits per heavy atom. The topological polar surface area (TPSA) is 12.0 Å². The van der Waals surface area contributed by atoms with Gasteiger partial charge >= 0.3 is 0 Å². The predicted molar refractivity (Wildman–Crippen MR) is 73.1 cm³/mol. The molecule has 2 rings (SSSR count). The zero-order chi connectivity index (χ0) is 10.6. The number of hydrogen-bond acceptors (Lipinski definition) is 3. The van der Waals surface area contributed by atoms with Crippen LogP contribution in [0.4, 0.5) is 0 Å². The quantitative estimate of drug-likeness (QED) is 0.817. The van der Waals surface area contributed by atoms with Gasteiger partial charge in [-0.05, 0) is 31.3 Å². The molecule has 0 aromatic carbocycles. The highest BCUT2D eigenvalue weighted by molar-refractivity contribution is 8.00. The summed E-state index contributed by atoms with van der Waals surface area (Å²) in [6, 6.07) is 0.806. The van der Waals surface area contributed by atoms with Crippen LogP contribution in [0.15, 0.2) is 0 Å². The molecular weight excluding hydrogens is 222 g/mol. The maximum absolute atomic E-state index is 3.80. The third kappa shape index (κ3) is 3.31. The summed E-state index contributed by atoms with van der Waals surface area (Å²) >= 11 is 4.21. The maximum Gasteiger partial charge on any atom is 0.0281 e. The molecule has 0 aromatic rings. The van der Waals surface area contributed by atoms with Crippen molar-refractivity contribution in [3.8, 4) is 0 Å². The van der Waals surface area contributed by atoms with Gasteiger partial charge in [-0.2, -0.15) is 23.5 Å². The first kappa shape index (κ1) is 12.1. The molecule has 1 nitrogen and oxygen atoms in total. The summed E-state index contributed by atoms with van der Waals surface area (Å²) in [5, 5.41) is 3.80. The van der Waals surface area contributed by atoms with Crippen LogP contribution in [-0.2, 0) is 0 Å². The summed E-state index contributed by atoms with van der Waals surface area (Å²) in [5.41, 5.74) is 0. The van der Waals surface area contributed by atoms with Gasteiger partial charge in [-0.1, -0.05) is 19.3 Å². The van der Waals surface area contributed by atoms with Gasteiger partial charge in [0.2, 0.25) is 0 Å². The van der Waals surface area contributed by atoms with Crippen LogP contribution in [0.25, 0.3) is 0 Å². The van der Waals surface area contributed by atoms with Crippen LogP contribution < -0.4 is 5.32 Å². The molecule has 0 bridgehead atoms. The fourth-order valence-electron chi connectivity index (χ4n) is 2.68. The van der Waals surface area contributed by atoms with Crippen molar-refractivity contribution in [2.75, 3.05) is 24.3 Å². The smallest absolute Gasteiger partial charge is 0.0281 e. The lowest BCUT2D eigenvalue weighted by molar-refractivity contribution is 0.367. The van der Waals surface area contributed by atoms with E-state index in [1.54, 1.807) is 0 Å². The average Bonchev–Trinajstić information content (AvgIpc) is 2.81. The molecule has 0 radical (unpaired) electrons. The standard InChI is InChI=1S/C12H23NS2/c1-14-12(6-3-2-4-7-12)10-13-11-5-8-15-9-11/h11,13H,2-10H2,1H3. The second-order valence-electron chi connectivity index (χ2n) is 4.89. The van der Waals surface area contributed by atoms with Crippen LogP contribution in [0, 0.1) is 0 Å². The fraction of sp³-hybridized carbons (Fsp3) is 1.00. The highest BCUT2D eigenvalue weighted by Crippen LogP contribution is 2.38. The molecule has 0 aromatic heterocycles. The van der Waals surface area contributed by atoms with E-state index >= 15 is 0 Å². The molecule has 15 heavy (non-hydrogen) atoms. The Bertz CT molecular complexity index is 184. The summed E-state index contributed by atoms with van der Waals surface area (Å²) in [6.07, 6.45) is 10.9. The van der Waals surface area contributed by atoms with E-state index in [0.717, 1.165) is 6.04 Å². The van der Waals surface area contributed by atoms with Gasteiger partial charge < -0.3 is 5.32 Å². The molecule has 0 amide bonds. The van der Waals surface area contributed by atoms with Gasteiger partial charge in [-0.15, -0.1) is 0 Å². The minimum atomic E-state index is 0.575. The van der Waals surface area contributed by atoms with E-state index in [4.69, 9.17) is 0 Å². The molecule has 88 valence electrons. The lowest BCUT2D eigenvalue weighted by atomic mass is 9.88. The molecule has 3 heteroatoms. The molecule has 1 atom stereocenters. The van der Waals surface area contributed by atoms with Gasteiger partial charge in [0.15, 0.2) is 0 Å². The molecule has 1 aliphatic heterocycles. The van der Waals surface area contributed by atoms with Crippen molar-refractivity contribution in [2.45, 2.75) is 49.3 Å². The van der Waals surface area contributed by atoms with Crippen molar-refractivity contribution in [1.29, 1.82) is 0 Å². The van der Waals surface area contributed by atoms with Crippen molar-refractivity contribution in [1.82, 2.24) is 5.32 Å². The van der Waals surface area contributed by atoms with Crippen LogP contribution in [-0.4, -0.2) is 35.1 Å². The minimum Gasteiger partial charge on any atom is -0.312 e. The largest absolute Gasteiger partial charge is 0.312 e. The molecule has 1 N–H and O–H groups in total. The van der Waals surface area contributed by atoms with Gasteiger partial charge in [0.1, 0.15) is 0 Å². The summed E-state index contributed by atoms with van der Waals surface area (Å²) in [5.74, 6) is 2.70. The van der Waals surface area contributed by atoms with E-state index in [9.17, 15) is 0 Å². The molecule has 2 aliphatic rings. The van der Waals surface area contributed by atoms with Crippen molar-refractivity contribution < 1.29 is 0 Å². The number of rotatable bonds is 4. The van der Waals surface area contributed by atoms with Crippen LogP contribution in [0.5, 0.6) is 0 Å². The lowest BCUT2D eigenvalue weighted by Crippen LogP contribution is -2.43. The molecule has 0 spiro atoms. The molecule has 1 saturated carbocycles. The summed E-state index contributed by atoms with van der Waals surface area (Å²) < 4.78 is 0.575. The minimum absolute atomic E-state index is 0.575. The molecule has 1 heterocycles. The monoisotopic (exact) mass is 245 g/mol. The summed E-state index contributed by atoms with van der Waals surface area (Å²) in [7, 11) is 0. The van der Waals surface area contributed by atoms with Crippen molar-refractivity contribution in [3.63, 3.8) is 0 Å². The van der Waals surface area contributed by atoms with Gasteiger partial charge in [0.25, 0.3) is 0 Å². The zero-order valence-corrected chi connectivity index (χ0v) is 11.4. The zero-order valence-electron chi connectivity index (χ0n) is 9.76. The van der Waals surface area contributed by atoms with E-state index in [1.165, 1.54) is 56.6 Å². The van der Waals surface area contributed by atoms with Gasteiger partial charge in [0, 0.05) is 23.1 Å². The normalized spacial score (nSPS) is 30.6. The molecule has 1 unspecified atom stereocenters. The predicted octanol–water partition coefficient (Wildman–Crippen LogP) is 3.15. The number of hydrogen-bond donors (Lipinski definition) is 1. The highest BCUT2D eigenvalue weighted by Gasteiger charge is 2.31. The Morgan fingerprint density at radius 3 is 2.73 bits per heavy atom. The SMILES string of the molecule is CSC1(CNC2CCSC2)CCCCC1. The van der Waals surface area contributed by atoms with E-state index in [2.05, 4.69) is 35.1 Å². The Labute approximate surface area is 103 Å². The van der Waals surface area contributed by atoms with Crippen LogP contribution >= 0.6 is 23.5 Å². The van der Waals surface area contributed by atoms with Crippen LogP contribution in [0.2, 0.25) is 0 Å². The van der Waals surface area contributed by atoms with E-state index in [-0.39, 0.29) is 0 Å². The number of thioether (sulfide) groups is 2. The Hall–Kier alpha value is 0.660. The van der Waals surface area contributed by atoms with Crippen LogP contribution in [0.1, 0.15) is 38.5 Å². The van der Waals surface area contributed by atoms with Gasteiger partial charge in [0.05, 0.1) is 0 Å². The Kier molecular flexibility index (Phi) is 4.71. The summed E-state index contributed by atoms with van der Waals surface area (Å²) in [6.45, 7) is 1.25. The third-order valence-corrected chi connectivity index (χ3v) is 6.42. The molecule has 1 aliphatic carbocycles. The maximum atomic E-state index is 3.80. The van der Waals surface area contributed by atoms with Crippen LogP contribution in [0.3, 0.4) is 0 Å². The van der Waals surface area contributed by atoms with Crippen molar-refractivity contribution in [2.24, 2.45) is 0 Å². The number of nitrogens with one attached hydrogen (secondary N) is 1. The molecule has 2 fully saturated rings. The van der Waals surface area contributed by atoms with Crippen molar-refractivity contribution in [3.05, 3.63) is 0 Å². The average molecular weight is 245 g/mol. The van der Waals surface area contributed by atoms with E-state index < -0.39 is 0 Å². The fourth-order valence-corrected chi connectivity index (χ4v) is 4.79. The first-order valence-electron chi connectivity index (χ1n) is 6.21. The molecular formula is C12H23NS2. The Morgan fingerprint density at radius 1 is 1.33 bits per heavy atom. The van der Waals surface area contributed by atoms with E-state index in [1.807, 2.05) is 0 Å².